The molecule has 3 heterocycles. The van der Waals surface area contributed by atoms with Gasteiger partial charge < -0.3 is 15.0 Å². The Labute approximate surface area is 164 Å². The summed E-state index contributed by atoms with van der Waals surface area (Å²) in [5.74, 6) is 0.709. The number of morpholine rings is 1. The number of anilines is 1. The van der Waals surface area contributed by atoms with E-state index in [1.54, 1.807) is 4.68 Å². The van der Waals surface area contributed by atoms with E-state index in [0.717, 1.165) is 41.1 Å². The number of fused-ring (bicyclic) bond motifs is 1. The van der Waals surface area contributed by atoms with Crippen molar-refractivity contribution in [3.63, 3.8) is 0 Å². The molecule has 0 aliphatic carbocycles. The van der Waals surface area contributed by atoms with E-state index < -0.39 is 0 Å². The number of carbonyl (C=O) groups excluding carboxylic acids is 1. The lowest BCUT2D eigenvalue weighted by atomic mass is 10.1. The third-order valence-corrected chi connectivity index (χ3v) is 5.15. The first kappa shape index (κ1) is 18.4. The Kier molecular flexibility index (Phi) is 5.00. The van der Waals surface area contributed by atoms with Gasteiger partial charge in [-0.2, -0.15) is 5.10 Å². The van der Waals surface area contributed by atoms with Crippen LogP contribution in [0, 0.1) is 6.92 Å². The number of aryl methyl sites for hydroxylation is 2. The van der Waals surface area contributed by atoms with Crippen LogP contribution in [0.4, 0.5) is 5.82 Å². The van der Waals surface area contributed by atoms with Crippen molar-refractivity contribution in [1.29, 1.82) is 0 Å². The zero-order valence-electron chi connectivity index (χ0n) is 16.5. The number of nitrogens with one attached hydrogen (secondary N) is 1. The first-order valence-corrected chi connectivity index (χ1v) is 9.56. The van der Waals surface area contributed by atoms with Crippen LogP contribution in [0.5, 0.6) is 0 Å². The minimum Gasteiger partial charge on any atom is -0.378 e. The van der Waals surface area contributed by atoms with Gasteiger partial charge in [0.2, 0.25) is 0 Å². The highest BCUT2D eigenvalue weighted by molar-refractivity contribution is 6.07. The van der Waals surface area contributed by atoms with Gasteiger partial charge in [-0.05, 0) is 26.0 Å². The van der Waals surface area contributed by atoms with Crippen LogP contribution in [0.15, 0.2) is 36.5 Å². The zero-order valence-corrected chi connectivity index (χ0v) is 16.5. The first-order chi connectivity index (χ1) is 13.5. The number of nitrogens with zero attached hydrogens (tertiary/aromatic N) is 4. The predicted molar refractivity (Wildman–Crippen MR) is 109 cm³/mol. The maximum absolute atomic E-state index is 13.2. The molecular formula is C21H25N5O2. The molecule has 28 heavy (non-hydrogen) atoms. The minimum absolute atomic E-state index is 0.108. The van der Waals surface area contributed by atoms with Gasteiger partial charge in [-0.15, -0.1) is 0 Å². The smallest absolute Gasteiger partial charge is 0.252 e. The number of rotatable bonds is 4. The van der Waals surface area contributed by atoms with Crippen LogP contribution in [0.25, 0.3) is 10.9 Å². The first-order valence-electron chi connectivity index (χ1n) is 9.56. The number of pyridine rings is 1. The summed E-state index contributed by atoms with van der Waals surface area (Å²) in [7, 11) is 1.88. The van der Waals surface area contributed by atoms with Crippen molar-refractivity contribution in [2.75, 3.05) is 31.2 Å². The number of ether oxygens (including phenoxy) is 1. The van der Waals surface area contributed by atoms with E-state index in [9.17, 15) is 4.79 Å². The Morgan fingerprint density at radius 1 is 1.25 bits per heavy atom. The van der Waals surface area contributed by atoms with Crippen LogP contribution in [0.3, 0.4) is 0 Å². The van der Waals surface area contributed by atoms with Gasteiger partial charge in [0.25, 0.3) is 5.91 Å². The number of aromatic nitrogens is 3. The molecule has 4 rings (SSSR count). The number of amides is 1. The van der Waals surface area contributed by atoms with Crippen LogP contribution >= 0.6 is 0 Å². The summed E-state index contributed by atoms with van der Waals surface area (Å²) in [5.41, 5.74) is 3.40. The monoisotopic (exact) mass is 379 g/mol. The summed E-state index contributed by atoms with van der Waals surface area (Å²) in [6.07, 6.45) is 1.95. The molecule has 0 spiro atoms. The van der Waals surface area contributed by atoms with E-state index in [1.165, 1.54) is 0 Å². The Morgan fingerprint density at radius 2 is 2.00 bits per heavy atom. The average molecular weight is 379 g/mol. The van der Waals surface area contributed by atoms with Gasteiger partial charge in [0.05, 0.1) is 36.0 Å². The molecular weight excluding hydrogens is 354 g/mol. The van der Waals surface area contributed by atoms with Gasteiger partial charge >= 0.3 is 0 Å². The molecule has 7 nitrogen and oxygen atoms in total. The molecule has 0 bridgehead atoms. The molecule has 3 aromatic rings. The molecule has 1 amide bonds. The molecule has 0 unspecified atom stereocenters. The van der Waals surface area contributed by atoms with Crippen molar-refractivity contribution in [3.05, 3.63) is 53.3 Å². The molecule has 1 saturated heterocycles. The van der Waals surface area contributed by atoms with Crippen molar-refractivity contribution in [3.8, 4) is 0 Å². The van der Waals surface area contributed by atoms with Crippen LogP contribution < -0.4 is 10.2 Å². The van der Waals surface area contributed by atoms with Crippen molar-refractivity contribution in [1.82, 2.24) is 20.1 Å². The number of hydrogen-bond donors (Lipinski definition) is 1. The second-order valence-corrected chi connectivity index (χ2v) is 7.18. The average Bonchev–Trinajstić information content (AvgIpc) is 3.06. The Balaban J connectivity index is 1.67. The number of carbonyl (C=O) groups is 1. The summed E-state index contributed by atoms with van der Waals surface area (Å²) < 4.78 is 7.21. The van der Waals surface area contributed by atoms with Crippen molar-refractivity contribution < 1.29 is 9.53 Å². The summed E-state index contributed by atoms with van der Waals surface area (Å²) in [4.78, 5) is 20.1. The maximum Gasteiger partial charge on any atom is 0.252 e. The molecule has 1 N–H and O–H groups in total. The molecule has 1 aliphatic rings. The van der Waals surface area contributed by atoms with Gasteiger partial charge in [0, 0.05) is 37.3 Å². The Hall–Kier alpha value is -2.93. The van der Waals surface area contributed by atoms with E-state index in [-0.39, 0.29) is 11.9 Å². The van der Waals surface area contributed by atoms with Crippen LogP contribution in [0.2, 0.25) is 0 Å². The maximum atomic E-state index is 13.2. The van der Waals surface area contributed by atoms with E-state index >= 15 is 0 Å². The molecule has 7 heteroatoms. The van der Waals surface area contributed by atoms with Crippen LogP contribution in [-0.2, 0) is 11.8 Å². The van der Waals surface area contributed by atoms with Gasteiger partial charge in [-0.3, -0.25) is 9.48 Å². The van der Waals surface area contributed by atoms with Gasteiger partial charge in [0.1, 0.15) is 5.82 Å². The summed E-state index contributed by atoms with van der Waals surface area (Å²) in [6.45, 7) is 6.83. The van der Waals surface area contributed by atoms with Gasteiger partial charge in [0.15, 0.2) is 0 Å². The molecule has 2 aromatic heterocycles. The quantitative estimate of drug-likeness (QED) is 0.754. The third-order valence-electron chi connectivity index (χ3n) is 5.15. The second-order valence-electron chi connectivity index (χ2n) is 7.18. The van der Waals surface area contributed by atoms with Crippen molar-refractivity contribution in [2.24, 2.45) is 7.05 Å². The second kappa shape index (κ2) is 7.59. The van der Waals surface area contributed by atoms with Crippen LogP contribution in [0.1, 0.15) is 34.6 Å². The van der Waals surface area contributed by atoms with Crippen molar-refractivity contribution >= 4 is 22.6 Å². The fourth-order valence-electron chi connectivity index (χ4n) is 3.70. The third kappa shape index (κ3) is 3.57. The molecule has 1 atom stereocenters. The van der Waals surface area contributed by atoms with E-state index in [2.05, 4.69) is 15.3 Å². The SMILES string of the molecule is Cc1nn(C)cc1[C@H](C)NC(=O)c1cc(N2CCOCC2)nc2ccccc12. The largest absolute Gasteiger partial charge is 0.378 e. The van der Waals surface area contributed by atoms with E-state index in [1.807, 2.05) is 57.4 Å². The molecule has 0 radical (unpaired) electrons. The zero-order chi connectivity index (χ0) is 19.7. The fraction of sp³-hybridized carbons (Fsp3) is 0.381. The molecule has 1 fully saturated rings. The summed E-state index contributed by atoms with van der Waals surface area (Å²) in [6, 6.07) is 9.53. The molecule has 1 aromatic carbocycles. The van der Waals surface area contributed by atoms with E-state index in [0.29, 0.717) is 18.8 Å². The highest BCUT2D eigenvalue weighted by Crippen LogP contribution is 2.25. The predicted octanol–water partition coefficient (Wildman–Crippen LogP) is 2.60. The Morgan fingerprint density at radius 3 is 2.71 bits per heavy atom. The Bertz CT molecular complexity index is 1010. The number of hydrogen-bond acceptors (Lipinski definition) is 5. The lowest BCUT2D eigenvalue weighted by Gasteiger charge is -2.28. The molecule has 1 aliphatic heterocycles. The topological polar surface area (TPSA) is 72.3 Å². The number of para-hydroxylation sites is 1. The highest BCUT2D eigenvalue weighted by Gasteiger charge is 2.20. The van der Waals surface area contributed by atoms with Crippen LogP contribution in [-0.4, -0.2) is 47.0 Å². The summed E-state index contributed by atoms with van der Waals surface area (Å²) in [5, 5.41) is 8.35. The van der Waals surface area contributed by atoms with E-state index in [4.69, 9.17) is 9.72 Å². The van der Waals surface area contributed by atoms with Gasteiger partial charge in [-0.25, -0.2) is 4.98 Å². The molecule has 0 saturated carbocycles. The van der Waals surface area contributed by atoms with Crippen molar-refractivity contribution in [2.45, 2.75) is 19.9 Å². The normalized spacial score (nSPS) is 15.6. The minimum atomic E-state index is -0.139. The number of benzene rings is 1. The highest BCUT2D eigenvalue weighted by atomic mass is 16.5. The molecule has 146 valence electrons. The fourth-order valence-corrected chi connectivity index (χ4v) is 3.70. The summed E-state index contributed by atoms with van der Waals surface area (Å²) >= 11 is 0. The lowest BCUT2D eigenvalue weighted by molar-refractivity contribution is 0.0941. The standard InChI is InChI=1S/C21H25N5O2/c1-14(18-13-25(3)24-15(18)2)22-21(27)17-12-20(26-8-10-28-11-9-26)23-19-7-5-4-6-16(17)19/h4-7,12-14H,8-11H2,1-3H3,(H,22,27)/t14-/m0/s1. The lowest BCUT2D eigenvalue weighted by Crippen LogP contribution is -2.37. The van der Waals surface area contributed by atoms with Gasteiger partial charge in [-0.1, -0.05) is 18.2 Å².